The summed E-state index contributed by atoms with van der Waals surface area (Å²) in [5, 5.41) is 5.83. The molecule has 2 atom stereocenters. The Morgan fingerprint density at radius 3 is 2.49 bits per heavy atom. The van der Waals surface area contributed by atoms with Gasteiger partial charge in [-0.25, -0.2) is 4.98 Å². The summed E-state index contributed by atoms with van der Waals surface area (Å²) in [6.45, 7) is 7.65. The number of piperidine rings is 2. The van der Waals surface area contributed by atoms with Crippen molar-refractivity contribution in [3.8, 4) is 17.0 Å². The Labute approximate surface area is 370 Å². The van der Waals surface area contributed by atoms with E-state index in [1.807, 2.05) is 91.5 Å². The average molecular weight is 864 g/mol. The molecule has 4 heterocycles. The number of ether oxygens (including phenoxy) is 1. The normalized spacial score (nSPS) is 18.9. The molecular formula is C50H49N5O7S. The van der Waals surface area contributed by atoms with Crippen molar-refractivity contribution in [2.75, 3.05) is 43.0 Å². The third kappa shape index (κ3) is 8.59. The number of benzene rings is 4. The molecule has 2 saturated heterocycles. The van der Waals surface area contributed by atoms with Crippen LogP contribution in [0.2, 0.25) is 0 Å². The molecule has 4 aromatic carbocycles. The molecule has 4 aliphatic rings. The van der Waals surface area contributed by atoms with Gasteiger partial charge in [-0.05, 0) is 118 Å². The Bertz CT molecular complexity index is 2660. The molecule has 9 rings (SSSR count). The minimum absolute atomic E-state index is 0.0104. The topological polar surface area (TPSA) is 155 Å². The number of carbonyl (C=O) groups is 6. The van der Waals surface area contributed by atoms with E-state index in [0.717, 1.165) is 89.4 Å². The molecule has 63 heavy (non-hydrogen) atoms. The van der Waals surface area contributed by atoms with Crippen molar-refractivity contribution in [2.45, 2.75) is 64.7 Å². The molecule has 2 unspecified atom stereocenters. The fourth-order valence-electron chi connectivity index (χ4n) is 9.70. The molecule has 2 fully saturated rings. The van der Waals surface area contributed by atoms with Crippen LogP contribution in [0.25, 0.3) is 11.3 Å². The van der Waals surface area contributed by atoms with Crippen molar-refractivity contribution in [1.29, 1.82) is 0 Å². The number of thiazole rings is 1. The maximum Gasteiger partial charge on any atom is 0.258 e. The van der Waals surface area contributed by atoms with Crippen molar-refractivity contribution in [3.05, 3.63) is 129 Å². The van der Waals surface area contributed by atoms with E-state index in [1.165, 1.54) is 11.3 Å². The monoisotopic (exact) mass is 863 g/mol. The number of carbonyl (C=O) groups excluding carboxylic acids is 6. The van der Waals surface area contributed by atoms with Crippen LogP contribution < -0.4 is 20.3 Å². The van der Waals surface area contributed by atoms with E-state index in [1.54, 1.807) is 6.07 Å². The molecule has 1 aliphatic carbocycles. The fourth-order valence-corrected chi connectivity index (χ4v) is 10.6. The van der Waals surface area contributed by atoms with Gasteiger partial charge in [-0.15, -0.1) is 11.3 Å². The summed E-state index contributed by atoms with van der Waals surface area (Å²) in [4.78, 5) is 88.0. The first-order chi connectivity index (χ1) is 30.5. The van der Waals surface area contributed by atoms with Crippen molar-refractivity contribution in [2.24, 2.45) is 11.8 Å². The lowest BCUT2D eigenvalue weighted by Gasteiger charge is -2.33. The van der Waals surface area contributed by atoms with Crippen molar-refractivity contribution in [1.82, 2.24) is 15.2 Å². The van der Waals surface area contributed by atoms with Gasteiger partial charge in [0.2, 0.25) is 17.7 Å². The minimum Gasteiger partial charge on any atom is -0.494 e. The number of anilines is 2. The third-order valence-corrected chi connectivity index (χ3v) is 13.8. The molecular weight excluding hydrogens is 815 g/mol. The SMILES string of the molecule is Cc1ccccc1C(=O)N1CCc2cc(-c3nc(NC(=O)Cc4cccc(OCCCN5CCC(c6cccc7c6C(=O)C(C6CCC(=O)NC6=O)C7=O)CC5)c4)sc3C)ccc21. The van der Waals surface area contributed by atoms with Gasteiger partial charge in [-0.1, -0.05) is 54.6 Å². The van der Waals surface area contributed by atoms with Gasteiger partial charge in [0, 0.05) is 52.3 Å². The van der Waals surface area contributed by atoms with Gasteiger partial charge in [0.1, 0.15) is 5.75 Å². The summed E-state index contributed by atoms with van der Waals surface area (Å²) < 4.78 is 6.11. The number of nitrogens with zero attached hydrogens (tertiary/aromatic N) is 3. The van der Waals surface area contributed by atoms with E-state index in [9.17, 15) is 28.8 Å². The van der Waals surface area contributed by atoms with Crippen LogP contribution in [0.1, 0.15) is 96.2 Å². The number of rotatable bonds is 12. The Morgan fingerprint density at radius 1 is 0.873 bits per heavy atom. The second kappa shape index (κ2) is 17.8. The highest BCUT2D eigenvalue weighted by Gasteiger charge is 2.49. The van der Waals surface area contributed by atoms with Crippen molar-refractivity contribution >= 4 is 57.4 Å². The van der Waals surface area contributed by atoms with Crippen LogP contribution in [0.4, 0.5) is 10.8 Å². The number of Topliss-reactive ketones (excluding diaryl/α,β-unsaturated/α-hetero) is 2. The summed E-state index contributed by atoms with van der Waals surface area (Å²) in [5.74, 6) is -2.70. The van der Waals surface area contributed by atoms with Gasteiger partial charge in [0.25, 0.3) is 5.91 Å². The molecule has 0 saturated carbocycles. The molecule has 3 aliphatic heterocycles. The molecule has 0 spiro atoms. The average Bonchev–Trinajstić information content (AvgIpc) is 3.95. The van der Waals surface area contributed by atoms with Gasteiger partial charge < -0.3 is 19.9 Å². The van der Waals surface area contributed by atoms with E-state index in [-0.39, 0.29) is 54.5 Å². The van der Waals surface area contributed by atoms with Crippen LogP contribution in [0.15, 0.2) is 84.9 Å². The number of ketones is 2. The lowest BCUT2D eigenvalue weighted by molar-refractivity contribution is -0.137. The molecule has 1 aromatic heterocycles. The van der Waals surface area contributed by atoms with E-state index >= 15 is 0 Å². The predicted octanol–water partition coefficient (Wildman–Crippen LogP) is 7.51. The van der Waals surface area contributed by atoms with E-state index in [0.29, 0.717) is 40.7 Å². The van der Waals surface area contributed by atoms with Crippen LogP contribution in [0.5, 0.6) is 5.75 Å². The Kier molecular flexibility index (Phi) is 11.9. The predicted molar refractivity (Wildman–Crippen MR) is 241 cm³/mol. The van der Waals surface area contributed by atoms with Crippen LogP contribution in [0.3, 0.4) is 0 Å². The molecule has 322 valence electrons. The number of hydrogen-bond donors (Lipinski definition) is 2. The van der Waals surface area contributed by atoms with Gasteiger partial charge in [0.05, 0.1) is 30.6 Å². The molecule has 0 radical (unpaired) electrons. The van der Waals surface area contributed by atoms with E-state index in [4.69, 9.17) is 9.72 Å². The van der Waals surface area contributed by atoms with Crippen LogP contribution in [0, 0.1) is 25.7 Å². The number of amides is 4. The largest absolute Gasteiger partial charge is 0.494 e. The summed E-state index contributed by atoms with van der Waals surface area (Å²) in [7, 11) is 0. The van der Waals surface area contributed by atoms with Gasteiger partial charge in [-0.3, -0.25) is 34.1 Å². The molecule has 13 heteroatoms. The van der Waals surface area contributed by atoms with E-state index < -0.39 is 17.7 Å². The number of imide groups is 1. The third-order valence-electron chi connectivity index (χ3n) is 12.9. The van der Waals surface area contributed by atoms with Crippen molar-refractivity contribution in [3.63, 3.8) is 0 Å². The first-order valence-electron chi connectivity index (χ1n) is 21.8. The van der Waals surface area contributed by atoms with Gasteiger partial charge in [0.15, 0.2) is 16.7 Å². The van der Waals surface area contributed by atoms with Crippen molar-refractivity contribution < 1.29 is 33.5 Å². The minimum atomic E-state index is -1.06. The maximum atomic E-state index is 13.7. The lowest BCUT2D eigenvalue weighted by Crippen LogP contribution is -2.46. The van der Waals surface area contributed by atoms with E-state index in [2.05, 4.69) is 21.6 Å². The smallest absolute Gasteiger partial charge is 0.258 e. The van der Waals surface area contributed by atoms with Gasteiger partial charge in [-0.2, -0.15) is 0 Å². The zero-order chi connectivity index (χ0) is 43.8. The number of nitrogens with one attached hydrogen (secondary N) is 2. The summed E-state index contributed by atoms with van der Waals surface area (Å²) in [5.41, 5.74) is 8.06. The zero-order valence-corrected chi connectivity index (χ0v) is 36.2. The fraction of sp³-hybridized carbons (Fsp3) is 0.340. The van der Waals surface area contributed by atoms with Crippen LogP contribution in [-0.2, 0) is 27.2 Å². The Balaban J connectivity index is 0.734. The zero-order valence-electron chi connectivity index (χ0n) is 35.4. The number of fused-ring (bicyclic) bond motifs is 2. The first kappa shape index (κ1) is 42.0. The highest BCUT2D eigenvalue weighted by molar-refractivity contribution is 7.16. The quantitative estimate of drug-likeness (QED) is 0.0737. The number of hydrogen-bond acceptors (Lipinski definition) is 10. The second-order valence-corrected chi connectivity index (χ2v) is 18.2. The number of aryl methyl sites for hydroxylation is 2. The lowest BCUT2D eigenvalue weighted by atomic mass is 9.81. The molecule has 4 amide bonds. The maximum absolute atomic E-state index is 13.7. The van der Waals surface area contributed by atoms with Crippen LogP contribution in [-0.4, -0.2) is 77.9 Å². The molecule has 0 bridgehead atoms. The standard InChI is InChI=1S/C50H49N5O7S/c1-29-8-3-4-11-36(29)49(61)55-24-20-33-28-34(14-16-40(33)55)45-30(2)63-50(53-45)52-42(57)27-31-9-5-10-35(26-31)62-25-7-21-54-22-18-32(19-23-54)37-12-6-13-38-43(37)47(59)44(46(38)58)39-15-17-41(56)51-48(39)60/h3-6,8-14,16,26,28,32,39,44H,7,15,17-25,27H2,1-2H3,(H,51,56,60)(H,52,53,57). The summed E-state index contributed by atoms with van der Waals surface area (Å²) in [6, 6.07) is 26.8. The summed E-state index contributed by atoms with van der Waals surface area (Å²) >= 11 is 1.44. The highest BCUT2D eigenvalue weighted by atomic mass is 32.1. The first-order valence-corrected chi connectivity index (χ1v) is 22.6. The Hall–Kier alpha value is -6.31. The Morgan fingerprint density at radius 2 is 1.68 bits per heavy atom. The molecule has 12 nitrogen and oxygen atoms in total. The number of aromatic nitrogens is 1. The molecule has 2 N–H and O–H groups in total. The van der Waals surface area contributed by atoms with Gasteiger partial charge >= 0.3 is 0 Å². The highest BCUT2D eigenvalue weighted by Crippen LogP contribution is 2.41. The molecule has 5 aromatic rings. The second-order valence-electron chi connectivity index (χ2n) is 17.0. The number of likely N-dealkylation sites (tertiary alicyclic amines) is 1. The van der Waals surface area contributed by atoms with Crippen LogP contribution >= 0.6 is 11.3 Å². The summed E-state index contributed by atoms with van der Waals surface area (Å²) in [6.07, 6.45) is 3.78.